The summed E-state index contributed by atoms with van der Waals surface area (Å²) in [4.78, 5) is 1.27. The third-order valence-corrected chi connectivity index (χ3v) is 3.89. The SMILES string of the molecule is CC(NCc1ccc(Br)s1)C(C)(C)O. The molecule has 0 aromatic carbocycles. The number of aliphatic hydroxyl groups is 1. The monoisotopic (exact) mass is 277 g/mol. The Morgan fingerprint density at radius 3 is 2.64 bits per heavy atom. The first-order valence-corrected chi connectivity index (χ1v) is 6.20. The minimum absolute atomic E-state index is 0.0865. The molecule has 1 aromatic rings. The molecule has 0 amide bonds. The highest BCUT2D eigenvalue weighted by atomic mass is 79.9. The lowest BCUT2D eigenvalue weighted by molar-refractivity contribution is 0.0438. The zero-order chi connectivity index (χ0) is 10.8. The van der Waals surface area contributed by atoms with Crippen LogP contribution in [0.1, 0.15) is 25.6 Å². The molecule has 0 bridgehead atoms. The van der Waals surface area contributed by atoms with Crippen molar-refractivity contribution >= 4 is 27.3 Å². The average molecular weight is 278 g/mol. The molecule has 0 radical (unpaired) electrons. The number of thiophene rings is 1. The van der Waals surface area contributed by atoms with Crippen molar-refractivity contribution in [3.8, 4) is 0 Å². The van der Waals surface area contributed by atoms with Gasteiger partial charge in [0, 0.05) is 17.5 Å². The molecule has 0 saturated heterocycles. The molecule has 1 heterocycles. The van der Waals surface area contributed by atoms with Crippen LogP contribution in [0, 0.1) is 0 Å². The van der Waals surface area contributed by atoms with Crippen molar-refractivity contribution in [3.05, 3.63) is 20.8 Å². The second kappa shape index (κ2) is 4.75. The smallest absolute Gasteiger partial charge is 0.0741 e. The van der Waals surface area contributed by atoms with Crippen LogP contribution in [0.4, 0.5) is 0 Å². The van der Waals surface area contributed by atoms with Gasteiger partial charge >= 0.3 is 0 Å². The van der Waals surface area contributed by atoms with Crippen molar-refractivity contribution in [2.24, 2.45) is 0 Å². The predicted octanol–water partition coefficient (Wildman–Crippen LogP) is 2.76. The second-order valence-corrected chi connectivity index (χ2v) is 6.51. The fourth-order valence-electron chi connectivity index (χ4n) is 0.950. The molecular weight excluding hydrogens is 262 g/mol. The van der Waals surface area contributed by atoms with E-state index in [2.05, 4.69) is 27.3 Å². The summed E-state index contributed by atoms with van der Waals surface area (Å²) >= 11 is 5.13. The van der Waals surface area contributed by atoms with Crippen molar-refractivity contribution in [3.63, 3.8) is 0 Å². The van der Waals surface area contributed by atoms with Gasteiger partial charge in [-0.15, -0.1) is 11.3 Å². The minimum atomic E-state index is -0.672. The van der Waals surface area contributed by atoms with Crippen LogP contribution in [0.5, 0.6) is 0 Å². The lowest BCUT2D eigenvalue weighted by atomic mass is 10.0. The molecule has 1 unspecified atom stereocenters. The van der Waals surface area contributed by atoms with Gasteiger partial charge in [-0.05, 0) is 48.8 Å². The van der Waals surface area contributed by atoms with E-state index in [1.54, 1.807) is 11.3 Å². The number of nitrogens with one attached hydrogen (secondary N) is 1. The van der Waals surface area contributed by atoms with Crippen molar-refractivity contribution in [2.45, 2.75) is 39.0 Å². The topological polar surface area (TPSA) is 32.3 Å². The van der Waals surface area contributed by atoms with Gasteiger partial charge in [0.15, 0.2) is 0 Å². The van der Waals surface area contributed by atoms with Crippen molar-refractivity contribution in [2.75, 3.05) is 0 Å². The van der Waals surface area contributed by atoms with E-state index < -0.39 is 5.60 Å². The van der Waals surface area contributed by atoms with Crippen LogP contribution in [0.2, 0.25) is 0 Å². The van der Waals surface area contributed by atoms with Crippen LogP contribution in [-0.4, -0.2) is 16.7 Å². The van der Waals surface area contributed by atoms with Gasteiger partial charge in [-0.25, -0.2) is 0 Å². The van der Waals surface area contributed by atoms with Crippen LogP contribution in [0.3, 0.4) is 0 Å². The van der Waals surface area contributed by atoms with E-state index in [4.69, 9.17) is 0 Å². The summed E-state index contributed by atoms with van der Waals surface area (Å²) in [5.41, 5.74) is -0.672. The predicted molar refractivity (Wildman–Crippen MR) is 64.6 cm³/mol. The Morgan fingerprint density at radius 2 is 2.21 bits per heavy atom. The van der Waals surface area contributed by atoms with Crippen LogP contribution in [0.25, 0.3) is 0 Å². The molecule has 14 heavy (non-hydrogen) atoms. The number of hydrogen-bond acceptors (Lipinski definition) is 3. The molecular formula is C10H16BrNOS. The average Bonchev–Trinajstić information content (AvgIpc) is 2.45. The van der Waals surface area contributed by atoms with Crippen LogP contribution >= 0.6 is 27.3 Å². The molecule has 0 saturated carbocycles. The lowest BCUT2D eigenvalue weighted by Gasteiger charge is -2.26. The van der Waals surface area contributed by atoms with Gasteiger partial charge < -0.3 is 10.4 Å². The zero-order valence-electron chi connectivity index (χ0n) is 8.67. The number of halogens is 1. The Bertz CT molecular complexity index is 293. The molecule has 1 aromatic heterocycles. The maximum absolute atomic E-state index is 9.70. The van der Waals surface area contributed by atoms with E-state index in [0.29, 0.717) is 0 Å². The first-order valence-electron chi connectivity index (χ1n) is 4.59. The van der Waals surface area contributed by atoms with Gasteiger partial charge in [0.1, 0.15) is 0 Å². The van der Waals surface area contributed by atoms with Gasteiger partial charge in [0.25, 0.3) is 0 Å². The Kier molecular flexibility index (Phi) is 4.13. The zero-order valence-corrected chi connectivity index (χ0v) is 11.1. The van der Waals surface area contributed by atoms with Gasteiger partial charge in [0.2, 0.25) is 0 Å². The van der Waals surface area contributed by atoms with Crippen molar-refractivity contribution < 1.29 is 5.11 Å². The molecule has 0 fully saturated rings. The Morgan fingerprint density at radius 1 is 1.57 bits per heavy atom. The third kappa shape index (κ3) is 3.69. The fourth-order valence-corrected chi connectivity index (χ4v) is 2.38. The van der Waals surface area contributed by atoms with E-state index in [1.165, 1.54) is 4.88 Å². The van der Waals surface area contributed by atoms with E-state index in [-0.39, 0.29) is 6.04 Å². The first-order chi connectivity index (χ1) is 6.39. The van der Waals surface area contributed by atoms with Crippen LogP contribution in [-0.2, 0) is 6.54 Å². The van der Waals surface area contributed by atoms with Gasteiger partial charge in [0.05, 0.1) is 9.39 Å². The number of hydrogen-bond donors (Lipinski definition) is 2. The highest BCUT2D eigenvalue weighted by Crippen LogP contribution is 2.22. The molecule has 2 N–H and O–H groups in total. The largest absolute Gasteiger partial charge is 0.389 e. The van der Waals surface area contributed by atoms with Gasteiger partial charge in [-0.2, -0.15) is 0 Å². The van der Waals surface area contributed by atoms with Crippen LogP contribution in [0.15, 0.2) is 15.9 Å². The second-order valence-electron chi connectivity index (χ2n) is 3.96. The first kappa shape index (κ1) is 12.2. The molecule has 80 valence electrons. The molecule has 0 aliphatic heterocycles. The fraction of sp³-hybridized carbons (Fsp3) is 0.600. The van der Waals surface area contributed by atoms with E-state index in [0.717, 1.165) is 10.3 Å². The van der Waals surface area contributed by atoms with Gasteiger partial charge in [-0.3, -0.25) is 0 Å². The minimum Gasteiger partial charge on any atom is -0.389 e. The molecule has 1 atom stereocenters. The van der Waals surface area contributed by atoms with Gasteiger partial charge in [-0.1, -0.05) is 0 Å². The van der Waals surface area contributed by atoms with E-state index >= 15 is 0 Å². The Labute approximate surface area is 97.5 Å². The summed E-state index contributed by atoms with van der Waals surface area (Å²) in [6.45, 7) is 6.42. The highest BCUT2D eigenvalue weighted by Gasteiger charge is 2.21. The van der Waals surface area contributed by atoms with E-state index in [1.807, 2.05) is 26.8 Å². The molecule has 0 aliphatic carbocycles. The van der Waals surface area contributed by atoms with E-state index in [9.17, 15) is 5.11 Å². The standard InChI is InChI=1S/C10H16BrNOS/c1-7(10(2,3)13)12-6-8-4-5-9(11)14-8/h4-5,7,12-13H,6H2,1-3H3. The summed E-state index contributed by atoms with van der Waals surface area (Å²) < 4.78 is 1.14. The van der Waals surface area contributed by atoms with Crippen molar-refractivity contribution in [1.29, 1.82) is 0 Å². The maximum atomic E-state index is 9.70. The summed E-state index contributed by atoms with van der Waals surface area (Å²) in [5.74, 6) is 0. The summed E-state index contributed by atoms with van der Waals surface area (Å²) in [7, 11) is 0. The van der Waals surface area contributed by atoms with Crippen LogP contribution < -0.4 is 5.32 Å². The summed E-state index contributed by atoms with van der Waals surface area (Å²) in [5, 5.41) is 13.0. The Hall–Kier alpha value is 0.1000. The molecule has 1 rings (SSSR count). The molecule has 0 spiro atoms. The normalized spacial score (nSPS) is 14.4. The third-order valence-electron chi connectivity index (χ3n) is 2.27. The Balaban J connectivity index is 2.41. The highest BCUT2D eigenvalue weighted by molar-refractivity contribution is 9.11. The summed E-state index contributed by atoms with van der Waals surface area (Å²) in [6, 6.07) is 4.21. The van der Waals surface area contributed by atoms with Crippen molar-refractivity contribution in [1.82, 2.24) is 5.32 Å². The molecule has 2 nitrogen and oxygen atoms in total. The number of rotatable bonds is 4. The molecule has 4 heteroatoms. The lowest BCUT2D eigenvalue weighted by Crippen LogP contribution is -2.43. The molecule has 0 aliphatic rings. The quantitative estimate of drug-likeness (QED) is 0.887. The summed E-state index contributed by atoms with van der Waals surface area (Å²) in [6.07, 6.45) is 0. The maximum Gasteiger partial charge on any atom is 0.0741 e.